The van der Waals surface area contributed by atoms with Crippen molar-refractivity contribution in [2.45, 2.75) is 25.7 Å². The quantitative estimate of drug-likeness (QED) is 0.795. The first-order valence-corrected chi connectivity index (χ1v) is 7.91. The van der Waals surface area contributed by atoms with E-state index >= 15 is 0 Å². The number of anilines is 1. The molecular formula is C18H18BrNO. The van der Waals surface area contributed by atoms with E-state index in [9.17, 15) is 4.79 Å². The topological polar surface area (TPSA) is 20.3 Å². The smallest absolute Gasteiger partial charge is 0.223 e. The van der Waals surface area contributed by atoms with Crippen molar-refractivity contribution >= 4 is 27.5 Å². The van der Waals surface area contributed by atoms with E-state index in [1.54, 1.807) is 6.92 Å². The third-order valence-electron chi connectivity index (χ3n) is 4.22. The maximum Gasteiger partial charge on any atom is 0.223 e. The van der Waals surface area contributed by atoms with Crippen molar-refractivity contribution < 1.29 is 4.79 Å². The summed E-state index contributed by atoms with van der Waals surface area (Å²) in [4.78, 5) is 13.8. The van der Waals surface area contributed by atoms with Gasteiger partial charge in [0.15, 0.2) is 0 Å². The molecule has 108 valence electrons. The average Bonchev–Trinajstić information content (AvgIpc) is 2.73. The molecule has 0 radical (unpaired) electrons. The van der Waals surface area contributed by atoms with Gasteiger partial charge in [-0.2, -0.15) is 0 Å². The molecule has 0 aliphatic carbocycles. The first kappa shape index (κ1) is 14.3. The lowest BCUT2D eigenvalue weighted by molar-refractivity contribution is -0.116. The Morgan fingerprint density at radius 3 is 2.62 bits per heavy atom. The Hall–Kier alpha value is -1.61. The third-order valence-corrected chi connectivity index (χ3v) is 4.72. The Morgan fingerprint density at radius 2 is 1.95 bits per heavy atom. The molecule has 0 aromatic heterocycles. The lowest BCUT2D eigenvalue weighted by atomic mass is 9.79. The van der Waals surface area contributed by atoms with Crippen molar-refractivity contribution in [2.24, 2.45) is 0 Å². The number of carbonyl (C=O) groups is 1. The highest BCUT2D eigenvalue weighted by Crippen LogP contribution is 2.43. The van der Waals surface area contributed by atoms with E-state index < -0.39 is 0 Å². The molecule has 1 unspecified atom stereocenters. The normalized spacial score (nSPS) is 20.4. The van der Waals surface area contributed by atoms with E-state index in [2.05, 4.69) is 53.2 Å². The number of amides is 1. The van der Waals surface area contributed by atoms with Crippen LogP contribution in [0.4, 0.5) is 5.69 Å². The fourth-order valence-corrected chi connectivity index (χ4v) is 3.59. The van der Waals surface area contributed by atoms with Crippen LogP contribution in [-0.4, -0.2) is 12.5 Å². The van der Waals surface area contributed by atoms with Crippen LogP contribution in [-0.2, 0) is 16.6 Å². The zero-order valence-electron chi connectivity index (χ0n) is 12.3. The molecule has 2 aromatic carbocycles. The Labute approximate surface area is 133 Å². The van der Waals surface area contributed by atoms with Gasteiger partial charge in [-0.15, -0.1) is 0 Å². The summed E-state index contributed by atoms with van der Waals surface area (Å²) >= 11 is 3.56. The second kappa shape index (κ2) is 5.30. The average molecular weight is 344 g/mol. The summed E-state index contributed by atoms with van der Waals surface area (Å²) in [6, 6.07) is 16.7. The zero-order chi connectivity index (χ0) is 15.0. The highest BCUT2D eigenvalue weighted by molar-refractivity contribution is 9.10. The van der Waals surface area contributed by atoms with Crippen LogP contribution in [0.3, 0.4) is 0 Å². The van der Waals surface area contributed by atoms with E-state index in [4.69, 9.17) is 0 Å². The predicted molar refractivity (Wildman–Crippen MR) is 89.7 cm³/mol. The van der Waals surface area contributed by atoms with Gasteiger partial charge in [0, 0.05) is 29.0 Å². The van der Waals surface area contributed by atoms with Crippen molar-refractivity contribution in [2.75, 3.05) is 11.4 Å². The fraction of sp³-hybridized carbons (Fsp3) is 0.278. The van der Waals surface area contributed by atoms with Gasteiger partial charge in [0.2, 0.25) is 5.91 Å². The molecule has 1 atom stereocenters. The Kier molecular flexibility index (Phi) is 3.62. The molecule has 2 nitrogen and oxygen atoms in total. The summed E-state index contributed by atoms with van der Waals surface area (Å²) in [7, 11) is 0. The second-order valence-electron chi connectivity index (χ2n) is 5.99. The number of hydrogen-bond acceptors (Lipinski definition) is 1. The van der Waals surface area contributed by atoms with Crippen molar-refractivity contribution in [3.63, 3.8) is 0 Å². The monoisotopic (exact) mass is 343 g/mol. The minimum absolute atomic E-state index is 0.0495. The third kappa shape index (κ3) is 2.62. The largest absolute Gasteiger partial charge is 0.311 e. The standard InChI is InChI=1S/C18H18BrNO/c1-13(21)20-12-18(2,11-14-6-4-3-5-7-14)16-10-15(19)8-9-17(16)20/h3-10H,11-12H2,1-2H3. The highest BCUT2D eigenvalue weighted by atomic mass is 79.9. The number of halogens is 1. The minimum Gasteiger partial charge on any atom is -0.311 e. The summed E-state index contributed by atoms with van der Waals surface area (Å²) in [5, 5.41) is 0. The number of fused-ring (bicyclic) bond motifs is 1. The SMILES string of the molecule is CC(=O)N1CC(C)(Cc2ccccc2)c2cc(Br)ccc21. The van der Waals surface area contributed by atoms with Gasteiger partial charge in [0.1, 0.15) is 0 Å². The van der Waals surface area contributed by atoms with E-state index in [1.165, 1.54) is 11.1 Å². The van der Waals surface area contributed by atoms with Crippen LogP contribution in [0.5, 0.6) is 0 Å². The van der Waals surface area contributed by atoms with Crippen LogP contribution in [0.15, 0.2) is 53.0 Å². The lowest BCUT2D eigenvalue weighted by Crippen LogP contribution is -2.35. The molecule has 1 amide bonds. The van der Waals surface area contributed by atoms with E-state index in [0.29, 0.717) is 0 Å². The molecule has 1 aliphatic rings. The Morgan fingerprint density at radius 1 is 1.24 bits per heavy atom. The Balaban J connectivity index is 2.04. The highest BCUT2D eigenvalue weighted by Gasteiger charge is 2.40. The summed E-state index contributed by atoms with van der Waals surface area (Å²) < 4.78 is 1.06. The van der Waals surface area contributed by atoms with Crippen molar-refractivity contribution in [1.82, 2.24) is 0 Å². The second-order valence-corrected chi connectivity index (χ2v) is 6.91. The number of benzene rings is 2. The molecule has 0 fully saturated rings. The maximum absolute atomic E-state index is 11.9. The van der Waals surface area contributed by atoms with Gasteiger partial charge in [-0.1, -0.05) is 53.2 Å². The molecular weight excluding hydrogens is 326 g/mol. The van der Waals surface area contributed by atoms with Crippen molar-refractivity contribution in [3.8, 4) is 0 Å². The van der Waals surface area contributed by atoms with Crippen LogP contribution >= 0.6 is 15.9 Å². The van der Waals surface area contributed by atoms with Crippen LogP contribution in [0.2, 0.25) is 0 Å². The molecule has 3 heteroatoms. The van der Waals surface area contributed by atoms with Crippen LogP contribution < -0.4 is 4.90 Å². The molecule has 0 saturated carbocycles. The van der Waals surface area contributed by atoms with Crippen LogP contribution in [0, 0.1) is 0 Å². The van der Waals surface area contributed by atoms with Crippen LogP contribution in [0.25, 0.3) is 0 Å². The summed E-state index contributed by atoms with van der Waals surface area (Å²) in [6.07, 6.45) is 0.932. The van der Waals surface area contributed by atoms with Gasteiger partial charge in [-0.05, 0) is 35.7 Å². The molecule has 3 rings (SSSR count). The van der Waals surface area contributed by atoms with Gasteiger partial charge in [0.05, 0.1) is 0 Å². The summed E-state index contributed by atoms with van der Waals surface area (Å²) in [5.41, 5.74) is 3.54. The molecule has 0 N–H and O–H groups in total. The first-order chi connectivity index (χ1) is 9.99. The predicted octanol–water partition coefficient (Wildman–Crippen LogP) is 4.32. The molecule has 0 bridgehead atoms. The summed E-state index contributed by atoms with van der Waals surface area (Å²) in [6.45, 7) is 4.62. The van der Waals surface area contributed by atoms with Gasteiger partial charge in [0.25, 0.3) is 0 Å². The van der Waals surface area contributed by atoms with Gasteiger partial charge >= 0.3 is 0 Å². The minimum atomic E-state index is -0.0495. The van der Waals surface area contributed by atoms with Gasteiger partial charge in [-0.3, -0.25) is 4.79 Å². The molecule has 2 aromatic rings. The van der Waals surface area contributed by atoms with E-state index in [0.717, 1.165) is 23.1 Å². The molecule has 1 aliphatic heterocycles. The maximum atomic E-state index is 11.9. The zero-order valence-corrected chi connectivity index (χ0v) is 13.9. The number of nitrogens with zero attached hydrogens (tertiary/aromatic N) is 1. The lowest BCUT2D eigenvalue weighted by Gasteiger charge is -2.25. The van der Waals surface area contributed by atoms with Crippen molar-refractivity contribution in [3.05, 3.63) is 64.1 Å². The van der Waals surface area contributed by atoms with Crippen LogP contribution in [0.1, 0.15) is 25.0 Å². The molecule has 1 heterocycles. The molecule has 21 heavy (non-hydrogen) atoms. The van der Waals surface area contributed by atoms with Gasteiger partial charge < -0.3 is 4.90 Å². The molecule has 0 spiro atoms. The van der Waals surface area contributed by atoms with E-state index in [-0.39, 0.29) is 11.3 Å². The Bertz CT molecular complexity index is 683. The first-order valence-electron chi connectivity index (χ1n) is 7.12. The number of carbonyl (C=O) groups excluding carboxylic acids is 1. The summed E-state index contributed by atoms with van der Waals surface area (Å²) in [5.74, 6) is 0.107. The molecule has 0 saturated heterocycles. The number of hydrogen-bond donors (Lipinski definition) is 0. The van der Waals surface area contributed by atoms with Gasteiger partial charge in [-0.25, -0.2) is 0 Å². The number of rotatable bonds is 2. The fourth-order valence-electron chi connectivity index (χ4n) is 3.22. The van der Waals surface area contributed by atoms with Crippen molar-refractivity contribution in [1.29, 1.82) is 0 Å². The van der Waals surface area contributed by atoms with E-state index in [1.807, 2.05) is 23.1 Å².